The lowest BCUT2D eigenvalue weighted by Crippen LogP contribution is -2.15. The molecule has 0 aliphatic rings. The minimum atomic E-state index is -4.58. The zero-order chi connectivity index (χ0) is 15.6. The zero-order valence-electron chi connectivity index (χ0n) is 10.8. The minimum absolute atomic E-state index is 0.0139. The Hall–Kier alpha value is -2.08. The summed E-state index contributed by atoms with van der Waals surface area (Å²) in [7, 11) is 0. The molecule has 0 aliphatic carbocycles. The van der Waals surface area contributed by atoms with Crippen molar-refractivity contribution in [1.82, 2.24) is 4.98 Å². The van der Waals surface area contributed by atoms with Crippen molar-refractivity contribution in [3.63, 3.8) is 0 Å². The van der Waals surface area contributed by atoms with Crippen LogP contribution in [-0.4, -0.2) is 10.9 Å². The molecule has 110 valence electrons. The molecule has 2 aromatic rings. The molecule has 1 heterocycles. The number of aromatic nitrogens is 1. The second-order valence-electron chi connectivity index (χ2n) is 4.28. The second kappa shape index (κ2) is 5.73. The maximum Gasteiger partial charge on any atom is 0.417 e. The van der Waals surface area contributed by atoms with Gasteiger partial charge in [0.1, 0.15) is 0 Å². The number of anilines is 1. The first kappa shape index (κ1) is 15.3. The molecule has 0 saturated carbocycles. The Labute approximate surface area is 123 Å². The lowest BCUT2D eigenvalue weighted by Gasteiger charge is -2.12. The fraction of sp³-hybridized carbons (Fsp3) is 0.143. The Kier molecular flexibility index (Phi) is 4.18. The molecular formula is C14H10ClF3N2O. The van der Waals surface area contributed by atoms with Gasteiger partial charge in [0.2, 0.25) is 0 Å². The maximum absolute atomic E-state index is 12.7. The Bertz CT molecular complexity index is 686. The van der Waals surface area contributed by atoms with E-state index in [1.165, 1.54) is 18.3 Å². The van der Waals surface area contributed by atoms with Gasteiger partial charge < -0.3 is 5.32 Å². The molecule has 21 heavy (non-hydrogen) atoms. The van der Waals surface area contributed by atoms with Gasteiger partial charge in [-0.25, -0.2) is 0 Å². The summed E-state index contributed by atoms with van der Waals surface area (Å²) in [5.41, 5.74) is -0.203. The van der Waals surface area contributed by atoms with Crippen molar-refractivity contribution in [2.45, 2.75) is 13.1 Å². The molecule has 2 rings (SSSR count). The first-order chi connectivity index (χ1) is 9.79. The van der Waals surface area contributed by atoms with Crippen LogP contribution in [0, 0.1) is 6.92 Å². The molecule has 0 spiro atoms. The monoisotopic (exact) mass is 314 g/mol. The van der Waals surface area contributed by atoms with Gasteiger partial charge >= 0.3 is 6.18 Å². The van der Waals surface area contributed by atoms with Gasteiger partial charge in [0.15, 0.2) is 0 Å². The summed E-state index contributed by atoms with van der Waals surface area (Å²) in [4.78, 5) is 16.0. The van der Waals surface area contributed by atoms with E-state index in [1.807, 2.05) is 0 Å². The third-order valence-electron chi connectivity index (χ3n) is 2.78. The highest BCUT2D eigenvalue weighted by Gasteiger charge is 2.33. The molecule has 0 atom stereocenters. The van der Waals surface area contributed by atoms with Crippen LogP contribution in [0.4, 0.5) is 18.9 Å². The number of carbonyl (C=O) groups is 1. The van der Waals surface area contributed by atoms with E-state index in [0.29, 0.717) is 11.3 Å². The number of alkyl halides is 3. The molecule has 0 saturated heterocycles. The number of pyridine rings is 1. The van der Waals surface area contributed by atoms with Crippen LogP contribution in [-0.2, 0) is 6.18 Å². The predicted molar refractivity (Wildman–Crippen MR) is 73.4 cm³/mol. The van der Waals surface area contributed by atoms with E-state index < -0.39 is 22.7 Å². The van der Waals surface area contributed by atoms with E-state index in [-0.39, 0.29) is 5.69 Å². The third kappa shape index (κ3) is 3.52. The van der Waals surface area contributed by atoms with Crippen molar-refractivity contribution < 1.29 is 18.0 Å². The molecule has 1 aromatic carbocycles. The topological polar surface area (TPSA) is 42.0 Å². The summed E-state index contributed by atoms with van der Waals surface area (Å²) in [6.45, 7) is 1.64. The number of hydrogen-bond acceptors (Lipinski definition) is 2. The molecule has 0 aliphatic heterocycles. The fourth-order valence-electron chi connectivity index (χ4n) is 1.74. The largest absolute Gasteiger partial charge is 0.417 e. The highest BCUT2D eigenvalue weighted by atomic mass is 35.5. The summed E-state index contributed by atoms with van der Waals surface area (Å²) in [5.74, 6) is -0.531. The number of benzene rings is 1. The molecule has 3 nitrogen and oxygen atoms in total. The van der Waals surface area contributed by atoms with E-state index in [0.717, 1.165) is 12.1 Å². The summed E-state index contributed by atoms with van der Waals surface area (Å²) >= 11 is 5.52. The van der Waals surface area contributed by atoms with Crippen LogP contribution in [0.25, 0.3) is 0 Å². The molecule has 1 aromatic heterocycles. The van der Waals surface area contributed by atoms with E-state index in [9.17, 15) is 18.0 Å². The van der Waals surface area contributed by atoms with E-state index in [2.05, 4.69) is 10.3 Å². The number of halogens is 4. The number of amides is 1. The second-order valence-corrected chi connectivity index (χ2v) is 4.69. The summed E-state index contributed by atoms with van der Waals surface area (Å²) in [6.07, 6.45) is -3.06. The highest BCUT2D eigenvalue weighted by molar-refractivity contribution is 6.31. The SMILES string of the molecule is Cc1ncccc1C(=O)Nc1ccc(Cl)c(C(F)(F)F)c1. The van der Waals surface area contributed by atoms with Gasteiger partial charge in [0, 0.05) is 17.6 Å². The average molecular weight is 315 g/mol. The smallest absolute Gasteiger partial charge is 0.322 e. The first-order valence-corrected chi connectivity index (χ1v) is 6.26. The Morgan fingerprint density at radius 3 is 2.62 bits per heavy atom. The summed E-state index contributed by atoms with van der Waals surface area (Å²) in [5, 5.41) is 1.98. The van der Waals surface area contributed by atoms with E-state index in [4.69, 9.17) is 11.6 Å². The van der Waals surface area contributed by atoms with Gasteiger partial charge in [-0.05, 0) is 37.3 Å². The minimum Gasteiger partial charge on any atom is -0.322 e. The third-order valence-corrected chi connectivity index (χ3v) is 3.11. The summed E-state index contributed by atoms with van der Waals surface area (Å²) in [6, 6.07) is 6.31. The van der Waals surface area contributed by atoms with Gasteiger partial charge in [-0.15, -0.1) is 0 Å². The number of carbonyl (C=O) groups excluding carboxylic acids is 1. The summed E-state index contributed by atoms with van der Waals surface area (Å²) < 4.78 is 38.2. The van der Waals surface area contributed by atoms with E-state index in [1.54, 1.807) is 13.0 Å². The standard InChI is InChI=1S/C14H10ClF3N2O/c1-8-10(3-2-6-19-8)13(21)20-9-4-5-12(15)11(7-9)14(16,17)18/h2-7H,1H3,(H,20,21). The van der Waals surface area contributed by atoms with Crippen LogP contribution in [0.5, 0.6) is 0 Å². The van der Waals surface area contributed by atoms with Crippen LogP contribution in [0.1, 0.15) is 21.6 Å². The molecule has 0 unspecified atom stereocenters. The molecule has 7 heteroatoms. The van der Waals surface area contributed by atoms with Crippen LogP contribution in [0.15, 0.2) is 36.5 Å². The van der Waals surface area contributed by atoms with E-state index >= 15 is 0 Å². The fourth-order valence-corrected chi connectivity index (χ4v) is 1.97. The first-order valence-electron chi connectivity index (χ1n) is 5.89. The quantitative estimate of drug-likeness (QED) is 0.897. The van der Waals surface area contributed by atoms with Gasteiger partial charge in [0.25, 0.3) is 5.91 Å². The molecule has 0 radical (unpaired) electrons. The normalized spacial score (nSPS) is 11.3. The van der Waals surface area contributed by atoms with Gasteiger partial charge in [-0.2, -0.15) is 13.2 Å². The maximum atomic E-state index is 12.7. The highest BCUT2D eigenvalue weighted by Crippen LogP contribution is 2.36. The van der Waals surface area contributed by atoms with Crippen LogP contribution in [0.3, 0.4) is 0 Å². The van der Waals surface area contributed by atoms with Crippen LogP contribution in [0.2, 0.25) is 5.02 Å². The van der Waals surface area contributed by atoms with Crippen molar-refractivity contribution in [2.75, 3.05) is 5.32 Å². The molecule has 0 fully saturated rings. The van der Waals surface area contributed by atoms with Crippen LogP contribution < -0.4 is 5.32 Å². The Morgan fingerprint density at radius 2 is 2.00 bits per heavy atom. The molecule has 1 N–H and O–H groups in total. The van der Waals surface area contributed by atoms with Crippen molar-refractivity contribution in [2.24, 2.45) is 0 Å². The Balaban J connectivity index is 2.29. The van der Waals surface area contributed by atoms with Crippen molar-refractivity contribution in [3.8, 4) is 0 Å². The zero-order valence-corrected chi connectivity index (χ0v) is 11.6. The number of hydrogen-bond donors (Lipinski definition) is 1. The lowest BCUT2D eigenvalue weighted by atomic mass is 10.1. The van der Waals surface area contributed by atoms with Gasteiger partial charge in [-0.1, -0.05) is 11.6 Å². The van der Waals surface area contributed by atoms with Crippen molar-refractivity contribution >= 4 is 23.2 Å². The van der Waals surface area contributed by atoms with Crippen molar-refractivity contribution in [3.05, 3.63) is 58.4 Å². The number of rotatable bonds is 2. The Morgan fingerprint density at radius 1 is 1.29 bits per heavy atom. The number of nitrogens with zero attached hydrogens (tertiary/aromatic N) is 1. The number of aryl methyl sites for hydroxylation is 1. The average Bonchev–Trinajstić information content (AvgIpc) is 2.40. The number of nitrogens with one attached hydrogen (secondary N) is 1. The molecule has 1 amide bonds. The molecular weight excluding hydrogens is 305 g/mol. The predicted octanol–water partition coefficient (Wildman–Crippen LogP) is 4.31. The lowest BCUT2D eigenvalue weighted by molar-refractivity contribution is -0.137. The van der Waals surface area contributed by atoms with Crippen LogP contribution >= 0.6 is 11.6 Å². The molecule has 0 bridgehead atoms. The van der Waals surface area contributed by atoms with Gasteiger partial charge in [-0.3, -0.25) is 9.78 Å². The van der Waals surface area contributed by atoms with Crippen molar-refractivity contribution in [1.29, 1.82) is 0 Å². The van der Waals surface area contributed by atoms with Gasteiger partial charge in [0.05, 0.1) is 16.1 Å².